The smallest absolute Gasteiger partial charge is 0.384 e. The van der Waals surface area contributed by atoms with Crippen molar-refractivity contribution < 1.29 is 23.0 Å². The van der Waals surface area contributed by atoms with E-state index in [0.29, 0.717) is 19.4 Å². The first kappa shape index (κ1) is 21.7. The summed E-state index contributed by atoms with van der Waals surface area (Å²) in [7, 11) is 0. The Labute approximate surface area is 133 Å². The summed E-state index contributed by atoms with van der Waals surface area (Å²) in [5, 5.41) is 8.82. The number of rotatable bonds is 15. The summed E-state index contributed by atoms with van der Waals surface area (Å²) >= 11 is 0. The Balaban J connectivity index is 3.12. The molecule has 1 unspecified atom stereocenters. The molecule has 2 nitrogen and oxygen atoms in total. The summed E-state index contributed by atoms with van der Waals surface area (Å²) in [5.74, 6) is 0. The van der Waals surface area contributed by atoms with E-state index in [9.17, 15) is 13.2 Å². The highest BCUT2D eigenvalue weighted by molar-refractivity contribution is 4.64. The zero-order valence-corrected chi connectivity index (χ0v) is 14.0. The lowest BCUT2D eigenvalue weighted by Gasteiger charge is -2.13. The van der Waals surface area contributed by atoms with Crippen molar-refractivity contribution in [2.45, 2.75) is 96.3 Å². The molecule has 0 aromatic rings. The molecule has 0 heterocycles. The van der Waals surface area contributed by atoms with E-state index < -0.39 is 12.3 Å². The van der Waals surface area contributed by atoms with Crippen molar-refractivity contribution in [3.8, 4) is 0 Å². The molecule has 0 bridgehead atoms. The van der Waals surface area contributed by atoms with E-state index in [0.717, 1.165) is 19.4 Å². The lowest BCUT2D eigenvalue weighted by atomic mass is 10.1. The average Bonchev–Trinajstić information content (AvgIpc) is 2.46. The van der Waals surface area contributed by atoms with Gasteiger partial charge >= 0.3 is 6.18 Å². The minimum absolute atomic E-state index is 0.207. The van der Waals surface area contributed by atoms with Crippen LogP contribution in [0.1, 0.15) is 84.0 Å². The molecule has 5 heteroatoms. The van der Waals surface area contributed by atoms with Gasteiger partial charge in [-0.15, -0.1) is 0 Å². The summed E-state index contributed by atoms with van der Waals surface area (Å²) < 4.78 is 41.6. The van der Waals surface area contributed by atoms with Crippen LogP contribution in [-0.2, 0) is 4.74 Å². The first-order valence-corrected chi connectivity index (χ1v) is 8.81. The molecular formula is C17H33F3O2. The highest BCUT2D eigenvalue weighted by Gasteiger charge is 2.37. The molecule has 0 aliphatic carbocycles. The number of ether oxygens (including phenoxy) is 1. The van der Waals surface area contributed by atoms with Crippen molar-refractivity contribution in [3.63, 3.8) is 0 Å². The van der Waals surface area contributed by atoms with E-state index in [-0.39, 0.29) is 6.42 Å². The molecule has 1 atom stereocenters. The molecule has 0 spiro atoms. The van der Waals surface area contributed by atoms with Crippen LogP contribution in [0.2, 0.25) is 0 Å². The number of hydrogen-bond acceptors (Lipinski definition) is 2. The fourth-order valence-corrected chi connectivity index (χ4v) is 2.32. The normalized spacial score (nSPS) is 13.5. The van der Waals surface area contributed by atoms with Gasteiger partial charge in [0.2, 0.25) is 0 Å². The predicted molar refractivity (Wildman–Crippen MR) is 84.0 cm³/mol. The summed E-state index contributed by atoms with van der Waals surface area (Å²) in [5.41, 5.74) is 0. The number of aliphatic hydroxyl groups is 1. The molecule has 0 fully saturated rings. The number of hydrogen-bond donors (Lipinski definition) is 1. The molecule has 0 radical (unpaired) electrons. The van der Waals surface area contributed by atoms with Crippen LogP contribution >= 0.6 is 0 Å². The topological polar surface area (TPSA) is 29.5 Å². The van der Waals surface area contributed by atoms with Gasteiger partial charge in [-0.1, -0.05) is 64.7 Å². The van der Waals surface area contributed by atoms with E-state index in [1.807, 2.05) is 0 Å². The van der Waals surface area contributed by atoms with Crippen LogP contribution in [0.3, 0.4) is 0 Å². The van der Waals surface area contributed by atoms with E-state index in [4.69, 9.17) is 9.84 Å². The predicted octanol–water partition coefficient (Wildman–Crippen LogP) is 5.63. The molecule has 0 aromatic heterocycles. The Bertz CT molecular complexity index is 232. The standard InChI is InChI=1S/C17H33F3O2/c1-2-3-4-5-6-7-8-11-14-22-15-12-9-10-13-16(21)17(18,19)20/h16,21H,2-15H2,1H3. The third-order valence-corrected chi connectivity index (χ3v) is 3.79. The molecule has 134 valence electrons. The lowest BCUT2D eigenvalue weighted by Crippen LogP contribution is -2.28. The fourth-order valence-electron chi connectivity index (χ4n) is 2.32. The van der Waals surface area contributed by atoms with Crippen LogP contribution in [0, 0.1) is 0 Å². The van der Waals surface area contributed by atoms with Gasteiger partial charge in [-0.2, -0.15) is 13.2 Å². The van der Waals surface area contributed by atoms with Crippen LogP contribution in [0.25, 0.3) is 0 Å². The molecule has 22 heavy (non-hydrogen) atoms. The highest BCUT2D eigenvalue weighted by Crippen LogP contribution is 2.23. The second kappa shape index (κ2) is 14.3. The van der Waals surface area contributed by atoms with Gasteiger partial charge in [0.25, 0.3) is 0 Å². The molecule has 0 aromatic carbocycles. The van der Waals surface area contributed by atoms with Gasteiger partial charge in [-0.25, -0.2) is 0 Å². The van der Waals surface area contributed by atoms with E-state index >= 15 is 0 Å². The maximum Gasteiger partial charge on any atom is 0.414 e. The molecule has 0 rings (SSSR count). The molecule has 0 saturated carbocycles. The Hall–Kier alpha value is -0.290. The largest absolute Gasteiger partial charge is 0.414 e. The molecule has 0 amide bonds. The first-order chi connectivity index (χ1) is 10.5. The number of unbranched alkanes of at least 4 members (excludes halogenated alkanes) is 9. The number of alkyl halides is 3. The van der Waals surface area contributed by atoms with Gasteiger partial charge in [-0.3, -0.25) is 0 Å². The van der Waals surface area contributed by atoms with E-state index in [2.05, 4.69) is 6.92 Å². The molecule has 0 aliphatic heterocycles. The molecule has 1 N–H and O–H groups in total. The Morgan fingerprint density at radius 2 is 1.23 bits per heavy atom. The minimum atomic E-state index is -4.48. The van der Waals surface area contributed by atoms with Crippen molar-refractivity contribution in [2.75, 3.05) is 13.2 Å². The molecular weight excluding hydrogens is 293 g/mol. The fraction of sp³-hybridized carbons (Fsp3) is 1.00. The van der Waals surface area contributed by atoms with Crippen LogP contribution in [0.15, 0.2) is 0 Å². The SMILES string of the molecule is CCCCCCCCCCOCCCCCC(O)C(F)(F)F. The van der Waals surface area contributed by atoms with Crippen molar-refractivity contribution in [1.29, 1.82) is 0 Å². The highest BCUT2D eigenvalue weighted by atomic mass is 19.4. The van der Waals surface area contributed by atoms with Gasteiger partial charge in [0.15, 0.2) is 0 Å². The van der Waals surface area contributed by atoms with Gasteiger partial charge in [0, 0.05) is 13.2 Å². The van der Waals surface area contributed by atoms with Crippen LogP contribution in [-0.4, -0.2) is 30.6 Å². The third-order valence-electron chi connectivity index (χ3n) is 3.79. The zero-order valence-electron chi connectivity index (χ0n) is 14.0. The lowest BCUT2D eigenvalue weighted by molar-refractivity contribution is -0.205. The Kier molecular flexibility index (Phi) is 14.1. The summed E-state index contributed by atoms with van der Waals surface area (Å²) in [6.45, 7) is 3.58. The number of aliphatic hydroxyl groups excluding tert-OH is 1. The zero-order chi connectivity index (χ0) is 16.7. The van der Waals surface area contributed by atoms with Crippen molar-refractivity contribution in [1.82, 2.24) is 0 Å². The van der Waals surface area contributed by atoms with E-state index in [1.54, 1.807) is 0 Å². The minimum Gasteiger partial charge on any atom is -0.384 e. The summed E-state index contributed by atoms with van der Waals surface area (Å²) in [6.07, 6.45) is 5.10. The average molecular weight is 326 g/mol. The van der Waals surface area contributed by atoms with Crippen molar-refractivity contribution in [2.24, 2.45) is 0 Å². The maximum atomic E-state index is 12.0. The van der Waals surface area contributed by atoms with Crippen LogP contribution in [0.4, 0.5) is 13.2 Å². The molecule has 0 aliphatic rings. The Morgan fingerprint density at radius 3 is 1.73 bits per heavy atom. The monoisotopic (exact) mass is 326 g/mol. The number of halogens is 3. The van der Waals surface area contributed by atoms with Crippen molar-refractivity contribution in [3.05, 3.63) is 0 Å². The van der Waals surface area contributed by atoms with Gasteiger partial charge in [0.05, 0.1) is 0 Å². The van der Waals surface area contributed by atoms with Crippen molar-refractivity contribution >= 4 is 0 Å². The van der Waals surface area contributed by atoms with Crippen LogP contribution in [0.5, 0.6) is 0 Å². The third kappa shape index (κ3) is 14.6. The van der Waals surface area contributed by atoms with Gasteiger partial charge < -0.3 is 9.84 Å². The quantitative estimate of drug-likeness (QED) is 0.395. The van der Waals surface area contributed by atoms with Gasteiger partial charge in [0.1, 0.15) is 6.10 Å². The summed E-state index contributed by atoms with van der Waals surface area (Å²) in [4.78, 5) is 0. The second-order valence-electron chi connectivity index (χ2n) is 5.99. The second-order valence-corrected chi connectivity index (χ2v) is 5.99. The first-order valence-electron chi connectivity index (χ1n) is 8.81. The van der Waals surface area contributed by atoms with Crippen LogP contribution < -0.4 is 0 Å². The maximum absolute atomic E-state index is 12.0. The summed E-state index contributed by atoms with van der Waals surface area (Å²) in [6, 6.07) is 0. The van der Waals surface area contributed by atoms with Gasteiger partial charge in [-0.05, 0) is 19.3 Å². The Morgan fingerprint density at radius 1 is 0.773 bits per heavy atom. The molecule has 0 saturated heterocycles. The van der Waals surface area contributed by atoms with E-state index in [1.165, 1.54) is 44.9 Å².